The maximum absolute atomic E-state index is 12.8. The minimum absolute atomic E-state index is 0.0152. The molecule has 0 saturated heterocycles. The quantitative estimate of drug-likeness (QED) is 0.278. The van der Waals surface area contributed by atoms with Gasteiger partial charge < -0.3 is 9.47 Å². The zero-order valence-corrected chi connectivity index (χ0v) is 18.8. The summed E-state index contributed by atoms with van der Waals surface area (Å²) in [5, 5.41) is 0. The molecule has 9 heteroatoms. The maximum Gasteiger partial charge on any atom is 0.400 e. The third-order valence-electron chi connectivity index (χ3n) is 3.92. The summed E-state index contributed by atoms with van der Waals surface area (Å²) >= 11 is 0. The number of ether oxygens (including phenoxy) is 2. The van der Waals surface area contributed by atoms with Crippen molar-refractivity contribution in [2.24, 2.45) is 11.8 Å². The zero-order chi connectivity index (χ0) is 21.3. The van der Waals surface area contributed by atoms with E-state index in [0.717, 1.165) is 5.56 Å². The Hall–Kier alpha value is -1.34. The first-order valence-corrected chi connectivity index (χ1v) is 12.2. The van der Waals surface area contributed by atoms with Gasteiger partial charge in [0.05, 0.1) is 11.5 Å². The highest BCUT2D eigenvalue weighted by molar-refractivity contribution is 7.87. The number of benzene rings is 1. The van der Waals surface area contributed by atoms with E-state index in [9.17, 15) is 17.8 Å². The lowest BCUT2D eigenvalue weighted by Crippen LogP contribution is -2.32. The molecular weight excluding hydrogens is 403 g/mol. The SMILES string of the molecule is CCOC(=O)C(CC(C)C)C(OCC)[P+](=O)COS(=O)(=O)c1ccc(C)cc1. The van der Waals surface area contributed by atoms with Crippen LogP contribution in [0.4, 0.5) is 0 Å². The van der Waals surface area contributed by atoms with Crippen molar-refractivity contribution in [3.63, 3.8) is 0 Å². The van der Waals surface area contributed by atoms with Crippen LogP contribution in [0, 0.1) is 18.8 Å². The molecule has 0 bridgehead atoms. The Morgan fingerprint density at radius 2 is 1.71 bits per heavy atom. The summed E-state index contributed by atoms with van der Waals surface area (Å²) in [6.45, 7) is 9.53. The average molecular weight is 433 g/mol. The number of aryl methyl sites for hydroxylation is 1. The average Bonchev–Trinajstić information content (AvgIpc) is 2.63. The van der Waals surface area contributed by atoms with E-state index in [1.165, 1.54) is 12.1 Å². The van der Waals surface area contributed by atoms with Crippen molar-refractivity contribution in [1.82, 2.24) is 0 Å². The van der Waals surface area contributed by atoms with Crippen molar-refractivity contribution in [1.29, 1.82) is 0 Å². The molecule has 7 nitrogen and oxygen atoms in total. The van der Waals surface area contributed by atoms with Crippen molar-refractivity contribution >= 4 is 23.9 Å². The van der Waals surface area contributed by atoms with Crippen molar-refractivity contribution in [3.8, 4) is 0 Å². The molecule has 0 saturated carbocycles. The molecule has 1 rings (SSSR count). The van der Waals surface area contributed by atoms with Gasteiger partial charge in [-0.2, -0.15) is 8.42 Å². The molecule has 3 unspecified atom stereocenters. The standard InChI is InChI=1S/C19H30O7PS/c1-6-24-18(20)17(12-14(3)4)19(25-7-2)27(21)13-26-28(22,23)16-10-8-15(5)9-11-16/h8-11,14,17,19H,6-7,12-13H2,1-5H3/q+1. The number of hydrogen-bond donors (Lipinski definition) is 0. The summed E-state index contributed by atoms with van der Waals surface area (Å²) < 4.78 is 53.1. The third kappa shape index (κ3) is 7.59. The first-order chi connectivity index (χ1) is 13.1. The molecule has 0 aliphatic rings. The maximum atomic E-state index is 12.8. The summed E-state index contributed by atoms with van der Waals surface area (Å²) in [4.78, 5) is 12.3. The smallest absolute Gasteiger partial charge is 0.400 e. The van der Waals surface area contributed by atoms with Crippen molar-refractivity contribution in [3.05, 3.63) is 29.8 Å². The van der Waals surface area contributed by atoms with Crippen LogP contribution in [-0.4, -0.2) is 39.8 Å². The molecule has 0 N–H and O–H groups in total. The molecule has 0 fully saturated rings. The van der Waals surface area contributed by atoms with Crippen LogP contribution in [0.3, 0.4) is 0 Å². The number of carbonyl (C=O) groups is 1. The van der Waals surface area contributed by atoms with Gasteiger partial charge in [-0.1, -0.05) is 36.1 Å². The largest absolute Gasteiger partial charge is 0.466 e. The summed E-state index contributed by atoms with van der Waals surface area (Å²) in [5.74, 6) is -2.10. The summed E-state index contributed by atoms with van der Waals surface area (Å²) in [7, 11) is -6.35. The Labute approximate surface area is 168 Å². The van der Waals surface area contributed by atoms with Gasteiger partial charge in [-0.05, 0) is 45.2 Å². The van der Waals surface area contributed by atoms with Crippen molar-refractivity contribution in [2.45, 2.75) is 51.8 Å². The number of hydrogen-bond acceptors (Lipinski definition) is 7. The predicted molar refractivity (Wildman–Crippen MR) is 107 cm³/mol. The van der Waals surface area contributed by atoms with E-state index >= 15 is 0 Å². The Morgan fingerprint density at radius 1 is 1.11 bits per heavy atom. The lowest BCUT2D eigenvalue weighted by molar-refractivity contribution is -0.152. The first-order valence-electron chi connectivity index (χ1n) is 9.30. The van der Waals surface area contributed by atoms with Gasteiger partial charge in [-0.15, -0.1) is 0 Å². The van der Waals surface area contributed by atoms with Gasteiger partial charge in [0.1, 0.15) is 5.92 Å². The first kappa shape index (κ1) is 24.7. The molecule has 0 radical (unpaired) electrons. The van der Waals surface area contributed by atoms with Crippen LogP contribution in [0.2, 0.25) is 0 Å². The van der Waals surface area contributed by atoms with Crippen LogP contribution in [0.5, 0.6) is 0 Å². The molecule has 1 aromatic rings. The third-order valence-corrected chi connectivity index (χ3v) is 6.84. The van der Waals surface area contributed by atoms with E-state index in [0.29, 0.717) is 6.42 Å². The van der Waals surface area contributed by atoms with Crippen LogP contribution in [-0.2, 0) is 33.1 Å². The zero-order valence-electron chi connectivity index (χ0n) is 17.1. The fraction of sp³-hybridized carbons (Fsp3) is 0.632. The van der Waals surface area contributed by atoms with Crippen LogP contribution in [0.25, 0.3) is 0 Å². The minimum Gasteiger partial charge on any atom is -0.466 e. The van der Waals surface area contributed by atoms with E-state index in [1.807, 2.05) is 20.8 Å². The fourth-order valence-electron chi connectivity index (χ4n) is 2.62. The Kier molecular flexibility index (Phi) is 10.2. The normalized spacial score (nSPS) is 14.6. The predicted octanol–water partition coefficient (Wildman–Crippen LogP) is 4.07. The van der Waals surface area contributed by atoms with Gasteiger partial charge in [-0.3, -0.25) is 4.79 Å². The Morgan fingerprint density at radius 3 is 2.21 bits per heavy atom. The van der Waals surface area contributed by atoms with E-state index in [2.05, 4.69) is 0 Å². The fourth-order valence-corrected chi connectivity index (χ4v) is 5.31. The second-order valence-corrected chi connectivity index (χ2v) is 9.98. The molecular formula is C19H30O7PS+. The molecule has 0 aliphatic heterocycles. The second-order valence-electron chi connectivity index (χ2n) is 6.77. The van der Waals surface area contributed by atoms with Gasteiger partial charge in [0.2, 0.25) is 0 Å². The van der Waals surface area contributed by atoms with E-state index in [-0.39, 0.29) is 24.0 Å². The molecule has 0 spiro atoms. The Bertz CT molecular complexity index is 744. The molecule has 28 heavy (non-hydrogen) atoms. The second kappa shape index (κ2) is 11.6. The van der Waals surface area contributed by atoms with Crippen LogP contribution >= 0.6 is 7.80 Å². The van der Waals surface area contributed by atoms with E-state index in [4.69, 9.17) is 13.7 Å². The van der Waals surface area contributed by atoms with Gasteiger partial charge in [0.25, 0.3) is 12.2 Å². The number of carbonyl (C=O) groups excluding carboxylic acids is 1. The van der Waals surface area contributed by atoms with Gasteiger partial charge in [0, 0.05) is 6.61 Å². The topological polar surface area (TPSA) is 96.0 Å². The van der Waals surface area contributed by atoms with Crippen LogP contribution < -0.4 is 0 Å². The Balaban J connectivity index is 2.95. The molecule has 0 amide bonds. The van der Waals surface area contributed by atoms with Gasteiger partial charge in [-0.25, -0.2) is 4.18 Å². The van der Waals surface area contributed by atoms with E-state index < -0.39 is 42.0 Å². The van der Waals surface area contributed by atoms with E-state index in [1.54, 1.807) is 26.0 Å². The van der Waals surface area contributed by atoms with Crippen LogP contribution in [0.1, 0.15) is 39.7 Å². The molecule has 0 heterocycles. The highest BCUT2D eigenvalue weighted by Gasteiger charge is 2.45. The summed E-state index contributed by atoms with van der Waals surface area (Å²) in [6.07, 6.45) is -0.153. The highest BCUT2D eigenvalue weighted by Crippen LogP contribution is 2.38. The molecule has 158 valence electrons. The van der Waals surface area contributed by atoms with Crippen molar-refractivity contribution in [2.75, 3.05) is 19.6 Å². The minimum atomic E-state index is -4.06. The molecule has 3 atom stereocenters. The summed E-state index contributed by atoms with van der Waals surface area (Å²) in [6, 6.07) is 6.16. The molecule has 0 aliphatic carbocycles. The lowest BCUT2D eigenvalue weighted by Gasteiger charge is -2.20. The number of rotatable bonds is 12. The number of esters is 1. The summed E-state index contributed by atoms with van der Waals surface area (Å²) in [5.41, 5.74) is 0.910. The van der Waals surface area contributed by atoms with Gasteiger partial charge >= 0.3 is 23.9 Å². The van der Waals surface area contributed by atoms with Crippen LogP contribution in [0.15, 0.2) is 29.2 Å². The van der Waals surface area contributed by atoms with Gasteiger partial charge in [0.15, 0.2) is 0 Å². The van der Waals surface area contributed by atoms with Crippen molar-refractivity contribution < 1.29 is 31.4 Å². The highest BCUT2D eigenvalue weighted by atomic mass is 32.2. The molecule has 0 aromatic heterocycles. The monoisotopic (exact) mass is 433 g/mol. The molecule has 1 aromatic carbocycles. The lowest BCUT2D eigenvalue weighted by atomic mass is 9.97.